The molecule has 20 heavy (non-hydrogen) atoms. The number of carbonyl (C=O) groups excluding carboxylic acids is 1. The molecular formula is C14H10INO4. The van der Waals surface area contributed by atoms with E-state index in [0.29, 0.717) is 5.75 Å². The minimum atomic E-state index is -0.561. The molecule has 0 saturated carbocycles. The molecule has 102 valence electrons. The SMILES string of the molecule is CC(=O)c1ccc(Oc2ccc(I)cc2)c([N+](=O)[O-])c1. The van der Waals surface area contributed by atoms with Crippen molar-refractivity contribution in [1.82, 2.24) is 0 Å². The maximum Gasteiger partial charge on any atom is 0.312 e. The van der Waals surface area contributed by atoms with Crippen molar-refractivity contribution in [2.75, 3.05) is 0 Å². The first-order valence-electron chi connectivity index (χ1n) is 5.70. The minimum absolute atomic E-state index is 0.112. The number of ether oxygens (including phenoxy) is 1. The van der Waals surface area contributed by atoms with Crippen molar-refractivity contribution in [3.8, 4) is 11.5 Å². The van der Waals surface area contributed by atoms with Crippen LogP contribution in [0.1, 0.15) is 17.3 Å². The minimum Gasteiger partial charge on any atom is -0.450 e. The predicted molar refractivity (Wildman–Crippen MR) is 82.3 cm³/mol. The summed E-state index contributed by atoms with van der Waals surface area (Å²) in [5.41, 5.74) is 0.0583. The average molecular weight is 383 g/mol. The van der Waals surface area contributed by atoms with Gasteiger partial charge in [0.15, 0.2) is 5.78 Å². The molecule has 5 nitrogen and oxygen atoms in total. The van der Waals surface area contributed by atoms with Gasteiger partial charge in [0.2, 0.25) is 5.75 Å². The standard InChI is InChI=1S/C14H10INO4/c1-9(17)10-2-7-14(13(8-10)16(18)19)20-12-5-3-11(15)4-6-12/h2-8H,1H3. The number of hydrogen-bond acceptors (Lipinski definition) is 4. The second-order valence-corrected chi connectivity index (χ2v) is 5.30. The van der Waals surface area contributed by atoms with Crippen molar-refractivity contribution in [3.63, 3.8) is 0 Å². The number of nitro benzene ring substituents is 1. The van der Waals surface area contributed by atoms with E-state index in [1.165, 1.54) is 25.1 Å². The van der Waals surface area contributed by atoms with Crippen LogP contribution < -0.4 is 4.74 Å². The van der Waals surface area contributed by atoms with E-state index in [1.54, 1.807) is 12.1 Å². The third-order valence-corrected chi connectivity index (χ3v) is 3.32. The summed E-state index contributed by atoms with van der Waals surface area (Å²) in [6, 6.07) is 11.3. The van der Waals surface area contributed by atoms with Crippen molar-refractivity contribution in [2.24, 2.45) is 0 Å². The summed E-state index contributed by atoms with van der Waals surface area (Å²) < 4.78 is 6.54. The molecule has 2 aromatic rings. The van der Waals surface area contributed by atoms with Crippen molar-refractivity contribution in [3.05, 3.63) is 61.7 Å². The molecule has 0 radical (unpaired) electrons. The van der Waals surface area contributed by atoms with Gasteiger partial charge in [0.05, 0.1) is 4.92 Å². The molecule has 0 N–H and O–H groups in total. The van der Waals surface area contributed by atoms with Crippen LogP contribution in [0.15, 0.2) is 42.5 Å². The van der Waals surface area contributed by atoms with Crippen LogP contribution in [0.4, 0.5) is 5.69 Å². The van der Waals surface area contributed by atoms with Crippen LogP contribution >= 0.6 is 22.6 Å². The maximum absolute atomic E-state index is 11.3. The van der Waals surface area contributed by atoms with Crippen LogP contribution in [0.25, 0.3) is 0 Å². The number of hydrogen-bond donors (Lipinski definition) is 0. The highest BCUT2D eigenvalue weighted by Crippen LogP contribution is 2.32. The second-order valence-electron chi connectivity index (χ2n) is 4.05. The highest BCUT2D eigenvalue weighted by atomic mass is 127. The van der Waals surface area contributed by atoms with Crippen LogP contribution in [0.5, 0.6) is 11.5 Å². The predicted octanol–water partition coefficient (Wildman–Crippen LogP) is 4.19. The van der Waals surface area contributed by atoms with Crippen LogP contribution in [0, 0.1) is 13.7 Å². The van der Waals surface area contributed by atoms with E-state index in [0.717, 1.165) is 3.57 Å². The van der Waals surface area contributed by atoms with E-state index >= 15 is 0 Å². The van der Waals surface area contributed by atoms with E-state index in [4.69, 9.17) is 4.74 Å². The van der Waals surface area contributed by atoms with Crippen LogP contribution in [0.3, 0.4) is 0 Å². The van der Waals surface area contributed by atoms with Gasteiger partial charge in [-0.15, -0.1) is 0 Å². The zero-order valence-corrected chi connectivity index (χ0v) is 12.7. The lowest BCUT2D eigenvalue weighted by Crippen LogP contribution is -1.98. The molecule has 0 unspecified atom stereocenters. The van der Waals surface area contributed by atoms with Crippen molar-refractivity contribution < 1.29 is 14.5 Å². The van der Waals surface area contributed by atoms with Crippen LogP contribution in [-0.2, 0) is 0 Å². The number of Topliss-reactive ketones (excluding diaryl/α,β-unsaturated/α-hetero) is 1. The molecule has 0 bridgehead atoms. The lowest BCUT2D eigenvalue weighted by atomic mass is 10.1. The fourth-order valence-electron chi connectivity index (χ4n) is 1.59. The Kier molecular flexibility index (Phi) is 4.33. The Morgan fingerprint density at radius 2 is 1.85 bits per heavy atom. The van der Waals surface area contributed by atoms with Gasteiger partial charge >= 0.3 is 5.69 Å². The monoisotopic (exact) mass is 383 g/mol. The zero-order chi connectivity index (χ0) is 14.7. The van der Waals surface area contributed by atoms with Gasteiger partial charge in [-0.2, -0.15) is 0 Å². The molecule has 0 aliphatic rings. The molecule has 2 aromatic carbocycles. The highest BCUT2D eigenvalue weighted by molar-refractivity contribution is 14.1. The van der Waals surface area contributed by atoms with Gasteiger partial charge < -0.3 is 4.74 Å². The Morgan fingerprint density at radius 1 is 1.20 bits per heavy atom. The molecule has 6 heteroatoms. The van der Waals surface area contributed by atoms with Gasteiger partial charge in [-0.05, 0) is 65.9 Å². The summed E-state index contributed by atoms with van der Waals surface area (Å²) in [7, 11) is 0. The van der Waals surface area contributed by atoms with Gasteiger partial charge in [-0.25, -0.2) is 0 Å². The highest BCUT2D eigenvalue weighted by Gasteiger charge is 2.18. The first-order valence-corrected chi connectivity index (χ1v) is 6.78. The summed E-state index contributed by atoms with van der Waals surface area (Å²) in [6.07, 6.45) is 0. The van der Waals surface area contributed by atoms with E-state index < -0.39 is 4.92 Å². The number of ketones is 1. The van der Waals surface area contributed by atoms with E-state index in [-0.39, 0.29) is 22.8 Å². The number of nitrogens with zero attached hydrogens (tertiary/aromatic N) is 1. The third-order valence-electron chi connectivity index (χ3n) is 2.60. The lowest BCUT2D eigenvalue weighted by Gasteiger charge is -2.07. The van der Waals surface area contributed by atoms with Gasteiger partial charge in [0.25, 0.3) is 0 Å². The Labute approximate surface area is 128 Å². The van der Waals surface area contributed by atoms with E-state index in [9.17, 15) is 14.9 Å². The smallest absolute Gasteiger partial charge is 0.312 e. The summed E-state index contributed by atoms with van der Waals surface area (Å²) in [4.78, 5) is 21.8. The Balaban J connectivity index is 2.38. The summed E-state index contributed by atoms with van der Waals surface area (Å²) in [5.74, 6) is 0.388. The molecule has 0 spiro atoms. The first kappa shape index (κ1) is 14.4. The van der Waals surface area contributed by atoms with Crippen LogP contribution in [0.2, 0.25) is 0 Å². The molecule has 0 heterocycles. The molecule has 0 atom stereocenters. The fraction of sp³-hybridized carbons (Fsp3) is 0.0714. The Bertz CT molecular complexity index is 667. The molecule has 0 saturated heterocycles. The third kappa shape index (κ3) is 3.32. The molecule has 0 aliphatic heterocycles. The largest absolute Gasteiger partial charge is 0.450 e. The number of carbonyl (C=O) groups is 1. The van der Waals surface area contributed by atoms with Crippen molar-refractivity contribution in [1.29, 1.82) is 0 Å². The lowest BCUT2D eigenvalue weighted by molar-refractivity contribution is -0.385. The normalized spacial score (nSPS) is 10.1. The van der Waals surface area contributed by atoms with Crippen LogP contribution in [-0.4, -0.2) is 10.7 Å². The number of nitro groups is 1. The number of halogens is 1. The topological polar surface area (TPSA) is 69.4 Å². The van der Waals surface area contributed by atoms with Crippen molar-refractivity contribution in [2.45, 2.75) is 6.92 Å². The summed E-state index contributed by atoms with van der Waals surface area (Å²) >= 11 is 2.16. The van der Waals surface area contributed by atoms with Gasteiger partial charge in [0.1, 0.15) is 5.75 Å². The molecule has 2 rings (SSSR count). The van der Waals surface area contributed by atoms with E-state index in [2.05, 4.69) is 22.6 Å². The number of rotatable bonds is 4. The van der Waals surface area contributed by atoms with Gasteiger partial charge in [0, 0.05) is 15.2 Å². The Morgan fingerprint density at radius 3 is 2.40 bits per heavy atom. The first-order chi connectivity index (χ1) is 9.47. The quantitative estimate of drug-likeness (QED) is 0.344. The Hall–Kier alpha value is -1.96. The molecule has 0 fully saturated rings. The van der Waals surface area contributed by atoms with Gasteiger partial charge in [-0.1, -0.05) is 0 Å². The average Bonchev–Trinajstić information content (AvgIpc) is 2.41. The number of benzene rings is 2. The molecule has 0 amide bonds. The molecule has 0 aromatic heterocycles. The van der Waals surface area contributed by atoms with Gasteiger partial charge in [-0.3, -0.25) is 14.9 Å². The zero-order valence-electron chi connectivity index (χ0n) is 10.5. The fourth-order valence-corrected chi connectivity index (χ4v) is 1.95. The second kappa shape index (κ2) is 6.00. The van der Waals surface area contributed by atoms with Crippen molar-refractivity contribution >= 4 is 34.1 Å². The summed E-state index contributed by atoms with van der Waals surface area (Å²) in [5, 5.41) is 11.1. The van der Waals surface area contributed by atoms with E-state index in [1.807, 2.05) is 12.1 Å². The summed E-state index contributed by atoms with van der Waals surface area (Å²) in [6.45, 7) is 1.36. The molecular weight excluding hydrogens is 373 g/mol. The maximum atomic E-state index is 11.3. The molecule has 0 aliphatic carbocycles.